The highest BCUT2D eigenvalue weighted by Crippen LogP contribution is 2.28. The van der Waals surface area contributed by atoms with Gasteiger partial charge in [0.05, 0.1) is 18.7 Å². The molecule has 0 unspecified atom stereocenters. The first-order valence-corrected chi connectivity index (χ1v) is 10.4. The summed E-state index contributed by atoms with van der Waals surface area (Å²) in [5, 5.41) is 3.90. The highest BCUT2D eigenvalue weighted by atomic mass is 16.5. The Balaban J connectivity index is 1.47. The van der Waals surface area contributed by atoms with Crippen molar-refractivity contribution < 1.29 is 19.1 Å². The molecule has 1 N–H and O–H groups in total. The first-order chi connectivity index (χ1) is 14.6. The van der Waals surface area contributed by atoms with Gasteiger partial charge in [0.25, 0.3) is 0 Å². The second-order valence-electron chi connectivity index (χ2n) is 6.89. The van der Waals surface area contributed by atoms with E-state index in [1.165, 1.54) is 0 Å². The van der Waals surface area contributed by atoms with Crippen molar-refractivity contribution in [2.75, 3.05) is 19.8 Å². The molecule has 1 aromatic heterocycles. The molecule has 0 aliphatic carbocycles. The molecule has 0 atom stereocenters. The molecule has 6 nitrogen and oxygen atoms in total. The number of fused-ring (bicyclic) bond motifs is 1. The number of nitrogens with one attached hydrogen (secondary N) is 1. The standard InChI is InChI=1S/C24H28N2O4/c1-3-29-21-10-9-18(17-22(21)30-4-2)13-15-25-23(27)11-12-24(28)26-16-14-19-7-5-6-8-20(19)26/h5-10,14,16-17H,3-4,11-13,15H2,1-2H3,(H,25,27). The number of carbonyl (C=O) groups is 2. The summed E-state index contributed by atoms with van der Waals surface area (Å²) >= 11 is 0. The molecule has 3 rings (SSSR count). The van der Waals surface area contributed by atoms with Gasteiger partial charge in [0.2, 0.25) is 11.8 Å². The smallest absolute Gasteiger partial charge is 0.231 e. The Morgan fingerprint density at radius 1 is 0.933 bits per heavy atom. The third kappa shape index (κ3) is 5.41. The third-order valence-electron chi connectivity index (χ3n) is 4.78. The molecule has 158 valence electrons. The summed E-state index contributed by atoms with van der Waals surface area (Å²) in [6, 6.07) is 15.4. The van der Waals surface area contributed by atoms with Gasteiger partial charge in [-0.2, -0.15) is 0 Å². The molecule has 0 saturated heterocycles. The normalized spacial score (nSPS) is 10.7. The number of benzene rings is 2. The maximum atomic E-state index is 12.5. The van der Waals surface area contributed by atoms with Crippen LogP contribution in [-0.2, 0) is 11.2 Å². The van der Waals surface area contributed by atoms with Crippen molar-refractivity contribution in [2.24, 2.45) is 0 Å². The molecule has 30 heavy (non-hydrogen) atoms. The molecule has 1 amide bonds. The number of para-hydroxylation sites is 1. The molecule has 0 bridgehead atoms. The summed E-state index contributed by atoms with van der Waals surface area (Å²) in [7, 11) is 0. The Bertz CT molecular complexity index is 1010. The molecule has 6 heteroatoms. The van der Waals surface area contributed by atoms with Gasteiger partial charge in [-0.25, -0.2) is 0 Å². The lowest BCUT2D eigenvalue weighted by molar-refractivity contribution is -0.121. The number of aromatic nitrogens is 1. The van der Waals surface area contributed by atoms with Gasteiger partial charge in [-0.05, 0) is 50.1 Å². The highest BCUT2D eigenvalue weighted by molar-refractivity contribution is 5.93. The molecular weight excluding hydrogens is 380 g/mol. The minimum absolute atomic E-state index is 0.0841. The average Bonchev–Trinajstić information content (AvgIpc) is 3.18. The van der Waals surface area contributed by atoms with Crippen LogP contribution in [0.15, 0.2) is 54.7 Å². The predicted molar refractivity (Wildman–Crippen MR) is 117 cm³/mol. The molecular formula is C24H28N2O4. The van der Waals surface area contributed by atoms with Crippen LogP contribution in [0.4, 0.5) is 0 Å². The Labute approximate surface area is 176 Å². The number of hydrogen-bond donors (Lipinski definition) is 1. The van der Waals surface area contributed by atoms with Gasteiger partial charge in [-0.3, -0.25) is 14.2 Å². The Hall–Kier alpha value is -3.28. The van der Waals surface area contributed by atoms with Crippen molar-refractivity contribution >= 4 is 22.7 Å². The summed E-state index contributed by atoms with van der Waals surface area (Å²) in [6.45, 7) is 5.50. The van der Waals surface area contributed by atoms with Crippen molar-refractivity contribution in [1.29, 1.82) is 0 Å². The zero-order valence-electron chi connectivity index (χ0n) is 17.5. The fourth-order valence-corrected chi connectivity index (χ4v) is 3.33. The fourth-order valence-electron chi connectivity index (χ4n) is 3.33. The number of carbonyl (C=O) groups excluding carboxylic acids is 2. The van der Waals surface area contributed by atoms with Crippen LogP contribution < -0.4 is 14.8 Å². The fraction of sp³-hybridized carbons (Fsp3) is 0.333. The second-order valence-corrected chi connectivity index (χ2v) is 6.89. The van der Waals surface area contributed by atoms with Crippen molar-refractivity contribution in [3.8, 4) is 11.5 Å². The topological polar surface area (TPSA) is 69.6 Å². The highest BCUT2D eigenvalue weighted by Gasteiger charge is 2.11. The van der Waals surface area contributed by atoms with Gasteiger partial charge in [0.15, 0.2) is 11.5 Å². The van der Waals surface area contributed by atoms with E-state index in [9.17, 15) is 9.59 Å². The minimum Gasteiger partial charge on any atom is -0.490 e. The predicted octanol–water partition coefficient (Wildman–Crippen LogP) is 4.22. The maximum Gasteiger partial charge on any atom is 0.231 e. The van der Waals surface area contributed by atoms with Crippen molar-refractivity contribution in [3.05, 3.63) is 60.3 Å². The quantitative estimate of drug-likeness (QED) is 0.545. The van der Waals surface area contributed by atoms with Gasteiger partial charge in [0, 0.05) is 31.0 Å². The monoisotopic (exact) mass is 408 g/mol. The lowest BCUT2D eigenvalue weighted by Gasteiger charge is -2.12. The van der Waals surface area contributed by atoms with Gasteiger partial charge < -0.3 is 14.8 Å². The number of amides is 1. The van der Waals surface area contributed by atoms with E-state index in [2.05, 4.69) is 5.32 Å². The first-order valence-electron chi connectivity index (χ1n) is 10.4. The molecule has 2 aromatic carbocycles. The van der Waals surface area contributed by atoms with Crippen molar-refractivity contribution in [2.45, 2.75) is 33.1 Å². The van der Waals surface area contributed by atoms with Crippen molar-refractivity contribution in [3.63, 3.8) is 0 Å². The van der Waals surface area contributed by atoms with E-state index in [1.54, 1.807) is 10.8 Å². The first kappa shape index (κ1) is 21.4. The molecule has 1 heterocycles. The third-order valence-corrected chi connectivity index (χ3v) is 4.78. The summed E-state index contributed by atoms with van der Waals surface area (Å²) in [5.41, 5.74) is 1.92. The van der Waals surface area contributed by atoms with E-state index in [4.69, 9.17) is 9.47 Å². The van der Waals surface area contributed by atoms with Gasteiger partial charge in [-0.15, -0.1) is 0 Å². The Morgan fingerprint density at radius 3 is 2.50 bits per heavy atom. The second kappa shape index (κ2) is 10.5. The van der Waals surface area contributed by atoms with E-state index in [1.807, 2.05) is 62.4 Å². The van der Waals surface area contributed by atoms with E-state index >= 15 is 0 Å². The van der Waals surface area contributed by atoms with Crippen LogP contribution in [0.25, 0.3) is 10.9 Å². The summed E-state index contributed by atoms with van der Waals surface area (Å²) < 4.78 is 12.8. The molecule has 0 saturated carbocycles. The SMILES string of the molecule is CCOc1ccc(CCNC(=O)CCC(=O)n2ccc3ccccc32)cc1OCC. The zero-order valence-corrected chi connectivity index (χ0v) is 17.5. The number of ether oxygens (including phenoxy) is 2. The molecule has 0 spiro atoms. The zero-order chi connectivity index (χ0) is 21.3. The van der Waals surface area contributed by atoms with Crippen LogP contribution in [0.5, 0.6) is 11.5 Å². The van der Waals surface area contributed by atoms with Gasteiger partial charge >= 0.3 is 0 Å². The minimum atomic E-state index is -0.129. The van der Waals surface area contributed by atoms with Crippen LogP contribution in [-0.4, -0.2) is 36.1 Å². The van der Waals surface area contributed by atoms with E-state index in [0.29, 0.717) is 31.9 Å². The number of rotatable bonds is 10. The summed E-state index contributed by atoms with van der Waals surface area (Å²) in [4.78, 5) is 24.6. The molecule has 3 aromatic rings. The van der Waals surface area contributed by atoms with Crippen LogP contribution in [0, 0.1) is 0 Å². The van der Waals surface area contributed by atoms with E-state index in [-0.39, 0.29) is 24.7 Å². The van der Waals surface area contributed by atoms with Crippen LogP contribution in [0.3, 0.4) is 0 Å². The Morgan fingerprint density at radius 2 is 1.70 bits per heavy atom. The van der Waals surface area contributed by atoms with Gasteiger partial charge in [-0.1, -0.05) is 24.3 Å². The lowest BCUT2D eigenvalue weighted by Crippen LogP contribution is -2.26. The number of hydrogen-bond acceptors (Lipinski definition) is 4. The largest absolute Gasteiger partial charge is 0.490 e. The van der Waals surface area contributed by atoms with Crippen molar-refractivity contribution in [1.82, 2.24) is 9.88 Å². The maximum absolute atomic E-state index is 12.5. The van der Waals surface area contributed by atoms with E-state index in [0.717, 1.165) is 22.2 Å². The lowest BCUT2D eigenvalue weighted by atomic mass is 10.1. The summed E-state index contributed by atoms with van der Waals surface area (Å²) in [6.07, 6.45) is 2.77. The number of nitrogens with zero attached hydrogens (tertiary/aromatic N) is 1. The van der Waals surface area contributed by atoms with E-state index < -0.39 is 0 Å². The Kier molecular flexibility index (Phi) is 7.49. The molecule has 0 fully saturated rings. The summed E-state index contributed by atoms with van der Waals surface area (Å²) in [5.74, 6) is 1.23. The van der Waals surface area contributed by atoms with Crippen LogP contribution >= 0.6 is 0 Å². The average molecular weight is 408 g/mol. The van der Waals surface area contributed by atoms with Gasteiger partial charge in [0.1, 0.15) is 0 Å². The van der Waals surface area contributed by atoms with Crippen LogP contribution in [0.1, 0.15) is 37.0 Å². The molecule has 0 aliphatic rings. The van der Waals surface area contributed by atoms with Crippen LogP contribution in [0.2, 0.25) is 0 Å². The molecule has 0 aliphatic heterocycles. The molecule has 0 radical (unpaired) electrons.